The van der Waals surface area contributed by atoms with Crippen LogP contribution >= 0.6 is 0 Å². The van der Waals surface area contributed by atoms with Gasteiger partial charge in [-0.2, -0.15) is 9.40 Å². The zero-order chi connectivity index (χ0) is 18.9. The van der Waals surface area contributed by atoms with E-state index in [1.807, 2.05) is 13.0 Å². The summed E-state index contributed by atoms with van der Waals surface area (Å²) >= 11 is 0. The van der Waals surface area contributed by atoms with Crippen LogP contribution in [0.2, 0.25) is 0 Å². The van der Waals surface area contributed by atoms with Crippen molar-refractivity contribution >= 4 is 10.0 Å². The molecule has 0 radical (unpaired) electrons. The van der Waals surface area contributed by atoms with Gasteiger partial charge in [0.25, 0.3) is 0 Å². The van der Waals surface area contributed by atoms with Crippen molar-refractivity contribution in [2.45, 2.75) is 30.8 Å². The molecule has 1 atom stereocenters. The quantitative estimate of drug-likeness (QED) is 0.785. The Bertz CT molecular complexity index is 917. The van der Waals surface area contributed by atoms with Crippen LogP contribution in [0.1, 0.15) is 18.5 Å². The van der Waals surface area contributed by atoms with Gasteiger partial charge in [-0.15, -0.1) is 5.10 Å². The molecular weight excluding hydrogens is 370 g/mol. The molecule has 0 N–H and O–H groups in total. The van der Waals surface area contributed by atoms with E-state index < -0.39 is 10.0 Å². The molecule has 2 aromatic rings. The highest BCUT2D eigenvalue weighted by atomic mass is 32.2. The second-order valence-corrected chi connectivity index (χ2v) is 8.50. The Morgan fingerprint density at radius 1 is 1.11 bits per heavy atom. The number of sulfonamides is 1. The molecule has 2 aliphatic heterocycles. The van der Waals surface area contributed by atoms with Crippen molar-refractivity contribution in [1.29, 1.82) is 0 Å². The predicted molar refractivity (Wildman–Crippen MR) is 96.6 cm³/mol. The number of rotatable bonds is 4. The lowest BCUT2D eigenvalue weighted by Gasteiger charge is -2.32. The maximum absolute atomic E-state index is 13.1. The van der Waals surface area contributed by atoms with Gasteiger partial charge in [0.15, 0.2) is 11.5 Å². The first-order chi connectivity index (χ1) is 13.0. The van der Waals surface area contributed by atoms with Crippen LogP contribution in [0.15, 0.2) is 35.2 Å². The smallest absolute Gasteiger partial charge is 0.243 e. The SMILES string of the molecule is Cc1ccc(OC2CCCN(S(=O)(=O)c3ccc4c(c3)OCCO4)C2)nn1. The van der Waals surface area contributed by atoms with Gasteiger partial charge in [0.1, 0.15) is 19.3 Å². The summed E-state index contributed by atoms with van der Waals surface area (Å²) in [6.45, 7) is 3.45. The topological polar surface area (TPSA) is 90.9 Å². The molecule has 27 heavy (non-hydrogen) atoms. The van der Waals surface area contributed by atoms with Gasteiger partial charge in [0.05, 0.1) is 17.1 Å². The summed E-state index contributed by atoms with van der Waals surface area (Å²) in [5.41, 5.74) is 0.800. The van der Waals surface area contributed by atoms with Crippen LogP contribution in [0.4, 0.5) is 0 Å². The molecule has 0 spiro atoms. The van der Waals surface area contributed by atoms with Crippen molar-refractivity contribution in [2.24, 2.45) is 0 Å². The van der Waals surface area contributed by atoms with E-state index >= 15 is 0 Å². The Hall–Kier alpha value is -2.39. The Kier molecular flexibility index (Phi) is 4.88. The molecular formula is C18H21N3O5S. The fourth-order valence-electron chi connectivity index (χ4n) is 3.17. The summed E-state index contributed by atoms with van der Waals surface area (Å²) in [4.78, 5) is 0.197. The summed E-state index contributed by atoms with van der Waals surface area (Å²) < 4.78 is 44.4. The fourth-order valence-corrected chi connectivity index (χ4v) is 4.70. The number of aromatic nitrogens is 2. The molecule has 1 fully saturated rings. The molecule has 1 saturated heterocycles. The summed E-state index contributed by atoms with van der Waals surface area (Å²) in [5.74, 6) is 1.43. The Balaban J connectivity index is 1.50. The Morgan fingerprint density at radius 3 is 2.70 bits per heavy atom. The van der Waals surface area contributed by atoms with Crippen LogP contribution in [0.3, 0.4) is 0 Å². The number of benzene rings is 1. The molecule has 0 amide bonds. The monoisotopic (exact) mass is 391 g/mol. The molecule has 144 valence electrons. The number of fused-ring (bicyclic) bond motifs is 1. The lowest BCUT2D eigenvalue weighted by Crippen LogP contribution is -2.44. The number of aryl methyl sites for hydroxylation is 1. The van der Waals surface area contributed by atoms with Crippen LogP contribution < -0.4 is 14.2 Å². The maximum atomic E-state index is 13.1. The molecule has 3 heterocycles. The summed E-state index contributed by atoms with van der Waals surface area (Å²) in [5, 5.41) is 7.96. The summed E-state index contributed by atoms with van der Waals surface area (Å²) in [6.07, 6.45) is 1.22. The average molecular weight is 391 g/mol. The fraction of sp³-hybridized carbons (Fsp3) is 0.444. The maximum Gasteiger partial charge on any atom is 0.243 e. The van der Waals surface area contributed by atoms with Crippen LogP contribution in [0.25, 0.3) is 0 Å². The molecule has 1 unspecified atom stereocenters. The third-order valence-corrected chi connectivity index (χ3v) is 6.41. The standard InChI is InChI=1S/C18H21N3O5S/c1-13-4-7-18(20-19-13)26-14-3-2-8-21(12-14)27(22,23)15-5-6-16-17(11-15)25-10-9-24-16/h4-7,11,14H,2-3,8-10,12H2,1H3. The number of nitrogens with zero attached hydrogens (tertiary/aromatic N) is 3. The van der Waals surface area contributed by atoms with E-state index in [-0.39, 0.29) is 17.5 Å². The van der Waals surface area contributed by atoms with E-state index in [9.17, 15) is 8.42 Å². The van der Waals surface area contributed by atoms with Gasteiger partial charge in [-0.3, -0.25) is 0 Å². The second kappa shape index (κ2) is 7.32. The lowest BCUT2D eigenvalue weighted by molar-refractivity contribution is 0.123. The molecule has 8 nitrogen and oxygen atoms in total. The largest absolute Gasteiger partial charge is 0.486 e. The van der Waals surface area contributed by atoms with E-state index in [1.54, 1.807) is 18.2 Å². The second-order valence-electron chi connectivity index (χ2n) is 6.56. The van der Waals surface area contributed by atoms with E-state index in [4.69, 9.17) is 14.2 Å². The lowest BCUT2D eigenvalue weighted by atomic mass is 10.1. The van der Waals surface area contributed by atoms with Crippen LogP contribution in [0.5, 0.6) is 17.4 Å². The van der Waals surface area contributed by atoms with Crippen LogP contribution in [0, 0.1) is 6.92 Å². The van der Waals surface area contributed by atoms with Crippen molar-refractivity contribution in [3.05, 3.63) is 36.0 Å². The molecule has 2 aliphatic rings. The highest BCUT2D eigenvalue weighted by Crippen LogP contribution is 2.33. The van der Waals surface area contributed by atoms with Crippen molar-refractivity contribution in [3.63, 3.8) is 0 Å². The van der Waals surface area contributed by atoms with Crippen molar-refractivity contribution in [1.82, 2.24) is 14.5 Å². The van der Waals surface area contributed by atoms with Crippen LogP contribution in [-0.4, -0.2) is 55.3 Å². The van der Waals surface area contributed by atoms with Crippen molar-refractivity contribution in [3.8, 4) is 17.4 Å². The van der Waals surface area contributed by atoms with E-state index in [0.717, 1.165) is 12.1 Å². The number of ether oxygens (including phenoxy) is 3. The van der Waals surface area contributed by atoms with Crippen molar-refractivity contribution in [2.75, 3.05) is 26.3 Å². The first kappa shape index (κ1) is 18.0. The van der Waals surface area contributed by atoms with Gasteiger partial charge in [0, 0.05) is 18.7 Å². The first-order valence-electron chi connectivity index (χ1n) is 8.89. The highest BCUT2D eigenvalue weighted by molar-refractivity contribution is 7.89. The van der Waals surface area contributed by atoms with Gasteiger partial charge >= 0.3 is 0 Å². The minimum atomic E-state index is -3.65. The van der Waals surface area contributed by atoms with E-state index in [1.165, 1.54) is 10.4 Å². The zero-order valence-corrected chi connectivity index (χ0v) is 15.8. The molecule has 1 aromatic carbocycles. The van der Waals surface area contributed by atoms with Crippen LogP contribution in [-0.2, 0) is 10.0 Å². The van der Waals surface area contributed by atoms with Gasteiger partial charge in [0.2, 0.25) is 15.9 Å². The van der Waals surface area contributed by atoms with Gasteiger partial charge in [-0.25, -0.2) is 8.42 Å². The third kappa shape index (κ3) is 3.84. The van der Waals surface area contributed by atoms with E-state index in [0.29, 0.717) is 43.6 Å². The summed E-state index contributed by atoms with van der Waals surface area (Å²) in [7, 11) is -3.65. The molecule has 0 aliphatic carbocycles. The minimum absolute atomic E-state index is 0.197. The first-order valence-corrected chi connectivity index (χ1v) is 10.3. The number of hydrogen-bond acceptors (Lipinski definition) is 7. The third-order valence-electron chi connectivity index (χ3n) is 4.55. The Labute approximate surface area is 158 Å². The Morgan fingerprint density at radius 2 is 1.93 bits per heavy atom. The number of hydrogen-bond donors (Lipinski definition) is 0. The molecule has 0 bridgehead atoms. The van der Waals surface area contributed by atoms with Gasteiger partial charge < -0.3 is 14.2 Å². The highest BCUT2D eigenvalue weighted by Gasteiger charge is 2.32. The normalized spacial score (nSPS) is 20.3. The van der Waals surface area contributed by atoms with Crippen molar-refractivity contribution < 1.29 is 22.6 Å². The predicted octanol–water partition coefficient (Wildman–Crippen LogP) is 1.79. The van der Waals surface area contributed by atoms with Gasteiger partial charge in [-0.1, -0.05) is 0 Å². The zero-order valence-electron chi connectivity index (χ0n) is 15.0. The molecule has 4 rings (SSSR count). The van der Waals surface area contributed by atoms with Gasteiger partial charge in [-0.05, 0) is 38.0 Å². The average Bonchev–Trinajstić information content (AvgIpc) is 2.69. The molecule has 9 heteroatoms. The molecule has 1 aromatic heterocycles. The van der Waals surface area contributed by atoms with E-state index in [2.05, 4.69) is 10.2 Å². The number of piperidine rings is 1. The molecule has 0 saturated carbocycles. The summed E-state index contributed by atoms with van der Waals surface area (Å²) in [6, 6.07) is 8.28. The minimum Gasteiger partial charge on any atom is -0.486 e.